The molecule has 2 rings (SSSR count). The number of nitrogens with two attached hydrogens (primary N) is 1. The number of H-pyrrole nitrogens is 1. The zero-order valence-corrected chi connectivity index (χ0v) is 9.84. The molecular formula is C9H13N5OS. The first kappa shape index (κ1) is 10.7. The summed E-state index contributed by atoms with van der Waals surface area (Å²) >= 11 is 1.28. The molecule has 2 heterocycles. The molecule has 2 aromatic rings. The van der Waals surface area contributed by atoms with Crippen LogP contribution in [0.1, 0.15) is 18.5 Å². The van der Waals surface area contributed by atoms with Gasteiger partial charge < -0.3 is 15.8 Å². The highest BCUT2D eigenvalue weighted by Gasteiger charge is 2.15. The number of rotatable bonds is 4. The van der Waals surface area contributed by atoms with Crippen LogP contribution in [-0.2, 0) is 0 Å². The lowest BCUT2D eigenvalue weighted by Gasteiger charge is -2.12. The quantitative estimate of drug-likeness (QED) is 0.754. The summed E-state index contributed by atoms with van der Waals surface area (Å²) in [7, 11) is 1.58. The van der Waals surface area contributed by atoms with Crippen molar-refractivity contribution in [3.63, 3.8) is 0 Å². The summed E-state index contributed by atoms with van der Waals surface area (Å²) < 4.78 is 9.20. The molecule has 6 nitrogen and oxygen atoms in total. The first-order chi connectivity index (χ1) is 7.72. The Morgan fingerprint density at radius 2 is 2.44 bits per heavy atom. The van der Waals surface area contributed by atoms with Crippen molar-refractivity contribution >= 4 is 22.4 Å². The lowest BCUT2D eigenvalue weighted by molar-refractivity contribution is 0.419. The van der Waals surface area contributed by atoms with Crippen molar-refractivity contribution in [3.8, 4) is 5.75 Å². The standard InChI is InChI=1S/C9H13N5OS/c1-5(6-3-11-12-4-6)13-9-7(15-2)8(10)14-16-9/h3-5,13H,1-2H3,(H2,10,14)(H,11,12). The van der Waals surface area contributed by atoms with Gasteiger partial charge in [0, 0.05) is 11.8 Å². The average Bonchev–Trinajstić information content (AvgIpc) is 2.88. The SMILES string of the molecule is COc1c(N)nsc1NC(C)c1cn[nH]c1. The van der Waals surface area contributed by atoms with Crippen molar-refractivity contribution in [2.45, 2.75) is 13.0 Å². The predicted octanol–water partition coefficient (Wildman–Crippen LogP) is 1.63. The Hall–Kier alpha value is -1.76. The Labute approximate surface area is 97.0 Å². The average molecular weight is 239 g/mol. The van der Waals surface area contributed by atoms with Crippen molar-refractivity contribution in [1.82, 2.24) is 14.6 Å². The van der Waals surface area contributed by atoms with Gasteiger partial charge in [-0.05, 0) is 18.5 Å². The molecule has 0 aliphatic rings. The minimum atomic E-state index is 0.118. The molecule has 0 spiro atoms. The molecule has 0 saturated heterocycles. The third kappa shape index (κ3) is 1.94. The largest absolute Gasteiger partial charge is 0.490 e. The second kappa shape index (κ2) is 4.40. The molecule has 0 saturated carbocycles. The highest BCUT2D eigenvalue weighted by molar-refractivity contribution is 7.11. The lowest BCUT2D eigenvalue weighted by Crippen LogP contribution is -2.05. The Kier molecular flexibility index (Phi) is 2.95. The van der Waals surface area contributed by atoms with Gasteiger partial charge in [0.2, 0.25) is 0 Å². The van der Waals surface area contributed by atoms with Gasteiger partial charge in [-0.3, -0.25) is 5.10 Å². The fourth-order valence-electron chi connectivity index (χ4n) is 1.36. The van der Waals surface area contributed by atoms with E-state index in [4.69, 9.17) is 10.5 Å². The molecule has 1 atom stereocenters. The molecule has 16 heavy (non-hydrogen) atoms. The minimum absolute atomic E-state index is 0.118. The van der Waals surface area contributed by atoms with Gasteiger partial charge in [0.15, 0.2) is 16.6 Å². The van der Waals surface area contributed by atoms with Crippen molar-refractivity contribution in [2.75, 3.05) is 18.2 Å². The van der Waals surface area contributed by atoms with E-state index in [1.165, 1.54) is 11.5 Å². The molecule has 7 heteroatoms. The maximum atomic E-state index is 5.66. The normalized spacial score (nSPS) is 12.4. The second-order valence-corrected chi connectivity index (χ2v) is 4.10. The van der Waals surface area contributed by atoms with Crippen molar-refractivity contribution in [2.24, 2.45) is 0 Å². The number of nitrogen functional groups attached to an aromatic ring is 1. The predicted molar refractivity (Wildman–Crippen MR) is 63.7 cm³/mol. The zero-order valence-electron chi connectivity index (χ0n) is 9.02. The molecule has 86 valence electrons. The smallest absolute Gasteiger partial charge is 0.197 e. The van der Waals surface area contributed by atoms with Gasteiger partial charge in [0.1, 0.15) is 0 Å². The van der Waals surface area contributed by atoms with E-state index in [9.17, 15) is 0 Å². The first-order valence-corrected chi connectivity index (χ1v) is 5.54. The fraction of sp³-hybridized carbons (Fsp3) is 0.333. The lowest BCUT2D eigenvalue weighted by atomic mass is 10.2. The number of methoxy groups -OCH3 is 1. The Morgan fingerprint density at radius 3 is 3.06 bits per heavy atom. The van der Waals surface area contributed by atoms with Gasteiger partial charge in [-0.25, -0.2) is 0 Å². The maximum absolute atomic E-state index is 5.66. The number of hydrogen-bond acceptors (Lipinski definition) is 6. The van der Waals surface area contributed by atoms with Gasteiger partial charge >= 0.3 is 0 Å². The van der Waals surface area contributed by atoms with Crippen LogP contribution in [0.4, 0.5) is 10.8 Å². The monoisotopic (exact) mass is 239 g/mol. The third-order valence-corrected chi connectivity index (χ3v) is 3.02. The van der Waals surface area contributed by atoms with E-state index in [1.54, 1.807) is 13.3 Å². The van der Waals surface area contributed by atoms with Crippen LogP contribution >= 0.6 is 11.5 Å². The van der Waals surface area contributed by atoms with Crippen LogP contribution in [0.15, 0.2) is 12.4 Å². The van der Waals surface area contributed by atoms with E-state index in [1.807, 2.05) is 13.1 Å². The topological polar surface area (TPSA) is 88.8 Å². The summed E-state index contributed by atoms with van der Waals surface area (Å²) in [5, 5.41) is 10.8. The van der Waals surface area contributed by atoms with Gasteiger partial charge in [-0.15, -0.1) is 0 Å². The summed E-state index contributed by atoms with van der Waals surface area (Å²) in [6, 6.07) is 0.118. The van der Waals surface area contributed by atoms with Crippen LogP contribution in [0.5, 0.6) is 5.75 Å². The molecule has 0 aliphatic heterocycles. The molecule has 1 unspecified atom stereocenters. The van der Waals surface area contributed by atoms with E-state index in [2.05, 4.69) is 19.9 Å². The van der Waals surface area contributed by atoms with E-state index in [0.717, 1.165) is 10.6 Å². The number of nitrogens with zero attached hydrogens (tertiary/aromatic N) is 2. The molecule has 2 aromatic heterocycles. The van der Waals surface area contributed by atoms with Gasteiger partial charge in [0.05, 0.1) is 19.3 Å². The summed E-state index contributed by atoms with van der Waals surface area (Å²) in [5.74, 6) is 1.01. The van der Waals surface area contributed by atoms with Crippen molar-refractivity contribution in [3.05, 3.63) is 18.0 Å². The van der Waals surface area contributed by atoms with Gasteiger partial charge in [0.25, 0.3) is 0 Å². The maximum Gasteiger partial charge on any atom is 0.197 e. The second-order valence-electron chi connectivity index (χ2n) is 3.33. The van der Waals surface area contributed by atoms with Gasteiger partial charge in [-0.2, -0.15) is 9.47 Å². The fourth-order valence-corrected chi connectivity index (χ4v) is 2.13. The van der Waals surface area contributed by atoms with Crippen LogP contribution in [0.3, 0.4) is 0 Å². The minimum Gasteiger partial charge on any atom is -0.490 e. The van der Waals surface area contributed by atoms with E-state index in [-0.39, 0.29) is 6.04 Å². The molecule has 0 amide bonds. The molecular weight excluding hydrogens is 226 g/mol. The van der Waals surface area contributed by atoms with Crippen LogP contribution in [0, 0.1) is 0 Å². The zero-order chi connectivity index (χ0) is 11.5. The van der Waals surface area contributed by atoms with Gasteiger partial charge in [-0.1, -0.05) is 0 Å². The summed E-state index contributed by atoms with van der Waals surface area (Å²) in [4.78, 5) is 0. The van der Waals surface area contributed by atoms with E-state index in [0.29, 0.717) is 11.6 Å². The van der Waals surface area contributed by atoms with Crippen LogP contribution in [0.25, 0.3) is 0 Å². The van der Waals surface area contributed by atoms with Crippen LogP contribution in [0.2, 0.25) is 0 Å². The summed E-state index contributed by atoms with van der Waals surface area (Å²) in [6.07, 6.45) is 3.61. The summed E-state index contributed by atoms with van der Waals surface area (Å²) in [6.45, 7) is 2.03. The van der Waals surface area contributed by atoms with Crippen LogP contribution in [-0.4, -0.2) is 21.7 Å². The van der Waals surface area contributed by atoms with Crippen molar-refractivity contribution < 1.29 is 4.74 Å². The molecule has 4 N–H and O–H groups in total. The third-order valence-electron chi connectivity index (χ3n) is 2.25. The van der Waals surface area contributed by atoms with Crippen molar-refractivity contribution in [1.29, 1.82) is 0 Å². The first-order valence-electron chi connectivity index (χ1n) is 4.76. The van der Waals surface area contributed by atoms with E-state index < -0.39 is 0 Å². The summed E-state index contributed by atoms with van der Waals surface area (Å²) in [5.41, 5.74) is 6.73. The highest BCUT2D eigenvalue weighted by Crippen LogP contribution is 2.36. The Bertz CT molecular complexity index is 452. The molecule has 0 fully saturated rings. The number of aromatic amines is 1. The number of aromatic nitrogens is 3. The van der Waals surface area contributed by atoms with Crippen LogP contribution < -0.4 is 15.8 Å². The Morgan fingerprint density at radius 1 is 1.62 bits per heavy atom. The molecule has 0 bridgehead atoms. The van der Waals surface area contributed by atoms with E-state index >= 15 is 0 Å². The highest BCUT2D eigenvalue weighted by atomic mass is 32.1. The Balaban J connectivity index is 2.15. The number of ether oxygens (including phenoxy) is 1. The number of hydrogen-bond donors (Lipinski definition) is 3. The number of nitrogens with one attached hydrogen (secondary N) is 2. The number of anilines is 2. The molecule has 0 radical (unpaired) electrons. The molecule has 0 aromatic carbocycles. The molecule has 0 aliphatic carbocycles.